The van der Waals surface area contributed by atoms with Crippen molar-refractivity contribution in [3.05, 3.63) is 65.3 Å². The van der Waals surface area contributed by atoms with Crippen LogP contribution in [0.15, 0.2) is 54.0 Å². The molecule has 0 aliphatic rings. The molecule has 0 saturated heterocycles. The molecule has 6 heteroatoms. The summed E-state index contributed by atoms with van der Waals surface area (Å²) in [7, 11) is 0. The highest BCUT2D eigenvalue weighted by Gasteiger charge is 2.10. The van der Waals surface area contributed by atoms with Crippen molar-refractivity contribution in [2.24, 2.45) is 5.73 Å². The van der Waals surface area contributed by atoms with Gasteiger partial charge >= 0.3 is 0 Å². The first-order valence-electron chi connectivity index (χ1n) is 6.61. The first-order valence-corrected chi connectivity index (χ1v) is 7.49. The number of para-hydroxylation sites is 1. The number of hydrogen-bond donors (Lipinski definition) is 1. The van der Waals surface area contributed by atoms with E-state index in [4.69, 9.17) is 10.5 Å². The summed E-state index contributed by atoms with van der Waals surface area (Å²) in [4.78, 5) is 20.1. The first kappa shape index (κ1) is 14.2. The monoisotopic (exact) mass is 311 g/mol. The normalized spacial score (nSPS) is 10.4. The van der Waals surface area contributed by atoms with Gasteiger partial charge in [-0.1, -0.05) is 18.2 Å². The summed E-state index contributed by atoms with van der Waals surface area (Å²) in [5.41, 5.74) is 7.30. The number of carbonyl (C=O) groups is 1. The summed E-state index contributed by atoms with van der Waals surface area (Å²) in [6, 6.07) is 12.6. The predicted molar refractivity (Wildman–Crippen MR) is 84.6 cm³/mol. The van der Waals surface area contributed by atoms with Crippen LogP contribution in [0.4, 0.5) is 0 Å². The molecule has 5 nitrogen and oxygen atoms in total. The maximum Gasteiger partial charge on any atom is 0.252 e. The van der Waals surface area contributed by atoms with Gasteiger partial charge in [0.1, 0.15) is 17.4 Å². The Labute approximate surface area is 131 Å². The molecule has 3 rings (SSSR count). The number of nitrogens with two attached hydrogens (primary N) is 1. The van der Waals surface area contributed by atoms with Crippen LogP contribution in [0.25, 0.3) is 10.7 Å². The van der Waals surface area contributed by atoms with Crippen molar-refractivity contribution in [3.8, 4) is 16.5 Å². The van der Waals surface area contributed by atoms with Gasteiger partial charge in [-0.3, -0.25) is 9.78 Å². The van der Waals surface area contributed by atoms with E-state index in [0.29, 0.717) is 11.3 Å². The lowest BCUT2D eigenvalue weighted by atomic mass is 10.2. The standard InChI is InChI=1S/C16H13N3O2S/c17-15(20)12-5-1-2-7-14(12)21-9-11-10-22-16(19-11)13-6-3-4-8-18-13/h1-8,10H,9H2,(H2,17,20). The molecule has 2 heterocycles. The number of pyridine rings is 1. The number of rotatable bonds is 5. The lowest BCUT2D eigenvalue weighted by Gasteiger charge is -2.07. The fourth-order valence-corrected chi connectivity index (χ4v) is 2.71. The van der Waals surface area contributed by atoms with Crippen molar-refractivity contribution < 1.29 is 9.53 Å². The Morgan fingerprint density at radius 1 is 1.18 bits per heavy atom. The third kappa shape index (κ3) is 3.12. The minimum Gasteiger partial charge on any atom is -0.486 e. The van der Waals surface area contributed by atoms with Crippen molar-refractivity contribution in [1.29, 1.82) is 0 Å². The number of thiazole rings is 1. The highest BCUT2D eigenvalue weighted by molar-refractivity contribution is 7.13. The minimum absolute atomic E-state index is 0.271. The van der Waals surface area contributed by atoms with Crippen LogP contribution < -0.4 is 10.5 Å². The summed E-state index contributed by atoms with van der Waals surface area (Å²) in [5, 5.41) is 2.75. The zero-order valence-corrected chi connectivity index (χ0v) is 12.4. The van der Waals surface area contributed by atoms with Crippen LogP contribution >= 0.6 is 11.3 Å². The molecule has 1 amide bonds. The molecule has 1 aromatic carbocycles. The maximum absolute atomic E-state index is 11.3. The van der Waals surface area contributed by atoms with Gasteiger partial charge in [-0.05, 0) is 24.3 Å². The molecule has 110 valence electrons. The van der Waals surface area contributed by atoms with Gasteiger partial charge in [-0.2, -0.15) is 0 Å². The second-order valence-corrected chi connectivity index (χ2v) is 5.37. The zero-order chi connectivity index (χ0) is 15.4. The Balaban J connectivity index is 1.73. The predicted octanol–water partition coefficient (Wildman–Crippen LogP) is 2.88. The number of aromatic nitrogens is 2. The average molecular weight is 311 g/mol. The van der Waals surface area contributed by atoms with Crippen LogP contribution in [0.3, 0.4) is 0 Å². The highest BCUT2D eigenvalue weighted by atomic mass is 32.1. The average Bonchev–Trinajstić information content (AvgIpc) is 3.03. The van der Waals surface area contributed by atoms with E-state index in [2.05, 4.69) is 9.97 Å². The third-order valence-electron chi connectivity index (χ3n) is 2.96. The van der Waals surface area contributed by atoms with E-state index >= 15 is 0 Å². The molecule has 0 fully saturated rings. The lowest BCUT2D eigenvalue weighted by molar-refractivity contribution is 0.0996. The number of primary amides is 1. The Hall–Kier alpha value is -2.73. The smallest absolute Gasteiger partial charge is 0.252 e. The number of benzene rings is 1. The molecule has 0 bridgehead atoms. The van der Waals surface area contributed by atoms with Crippen molar-refractivity contribution in [2.75, 3.05) is 0 Å². The third-order valence-corrected chi connectivity index (χ3v) is 3.88. The van der Waals surface area contributed by atoms with Crippen LogP contribution in [0.5, 0.6) is 5.75 Å². The second-order valence-electron chi connectivity index (χ2n) is 4.51. The van der Waals surface area contributed by atoms with Gasteiger partial charge in [0, 0.05) is 11.6 Å². The highest BCUT2D eigenvalue weighted by Crippen LogP contribution is 2.23. The van der Waals surface area contributed by atoms with Gasteiger partial charge < -0.3 is 10.5 Å². The van der Waals surface area contributed by atoms with Crippen LogP contribution in [-0.2, 0) is 6.61 Å². The molecular weight excluding hydrogens is 298 g/mol. The quantitative estimate of drug-likeness (QED) is 0.786. The zero-order valence-electron chi connectivity index (χ0n) is 11.6. The van der Waals surface area contributed by atoms with Gasteiger partial charge in [-0.15, -0.1) is 11.3 Å². The maximum atomic E-state index is 11.3. The molecular formula is C16H13N3O2S. The summed E-state index contributed by atoms with van der Waals surface area (Å²) in [6.45, 7) is 0.271. The fourth-order valence-electron chi connectivity index (χ4n) is 1.93. The van der Waals surface area contributed by atoms with Crippen molar-refractivity contribution in [2.45, 2.75) is 6.61 Å². The van der Waals surface area contributed by atoms with E-state index in [9.17, 15) is 4.79 Å². The van der Waals surface area contributed by atoms with E-state index < -0.39 is 5.91 Å². The molecule has 0 aliphatic carbocycles. The Morgan fingerprint density at radius 2 is 2.00 bits per heavy atom. The molecule has 0 saturated carbocycles. The van der Waals surface area contributed by atoms with Crippen molar-refractivity contribution in [1.82, 2.24) is 9.97 Å². The molecule has 0 atom stereocenters. The molecule has 0 spiro atoms. The summed E-state index contributed by atoms with van der Waals surface area (Å²) in [6.07, 6.45) is 1.73. The molecule has 22 heavy (non-hydrogen) atoms. The van der Waals surface area contributed by atoms with Gasteiger partial charge in [-0.25, -0.2) is 4.98 Å². The van der Waals surface area contributed by atoms with E-state index in [1.165, 1.54) is 11.3 Å². The minimum atomic E-state index is -0.511. The molecule has 2 aromatic heterocycles. The Morgan fingerprint density at radius 3 is 2.77 bits per heavy atom. The van der Waals surface area contributed by atoms with Crippen LogP contribution in [-0.4, -0.2) is 15.9 Å². The number of hydrogen-bond acceptors (Lipinski definition) is 5. The van der Waals surface area contributed by atoms with Gasteiger partial charge in [0.05, 0.1) is 17.0 Å². The molecule has 0 aliphatic heterocycles. The van der Waals surface area contributed by atoms with E-state index in [0.717, 1.165) is 16.4 Å². The van der Waals surface area contributed by atoms with Crippen LogP contribution in [0, 0.1) is 0 Å². The van der Waals surface area contributed by atoms with Gasteiger partial charge in [0.25, 0.3) is 5.91 Å². The lowest BCUT2D eigenvalue weighted by Crippen LogP contribution is -2.12. The van der Waals surface area contributed by atoms with Gasteiger partial charge in [0.15, 0.2) is 0 Å². The number of amides is 1. The Bertz CT molecular complexity index is 787. The van der Waals surface area contributed by atoms with Crippen molar-refractivity contribution in [3.63, 3.8) is 0 Å². The van der Waals surface area contributed by atoms with Crippen molar-refractivity contribution >= 4 is 17.2 Å². The molecule has 0 unspecified atom stereocenters. The topological polar surface area (TPSA) is 78.1 Å². The summed E-state index contributed by atoms with van der Waals surface area (Å²) < 4.78 is 5.66. The molecule has 3 aromatic rings. The summed E-state index contributed by atoms with van der Waals surface area (Å²) >= 11 is 1.50. The molecule has 0 radical (unpaired) electrons. The summed E-state index contributed by atoms with van der Waals surface area (Å²) in [5.74, 6) is -0.0505. The number of nitrogens with zero attached hydrogens (tertiary/aromatic N) is 2. The second kappa shape index (κ2) is 6.36. The fraction of sp³-hybridized carbons (Fsp3) is 0.0625. The van der Waals surface area contributed by atoms with E-state index in [-0.39, 0.29) is 6.61 Å². The number of ether oxygens (including phenoxy) is 1. The first-order chi connectivity index (χ1) is 10.7. The molecule has 2 N–H and O–H groups in total. The number of carbonyl (C=O) groups excluding carboxylic acids is 1. The van der Waals surface area contributed by atoms with Gasteiger partial charge in [0.2, 0.25) is 0 Å². The Kier molecular flexibility index (Phi) is 4.11. The van der Waals surface area contributed by atoms with Crippen LogP contribution in [0.2, 0.25) is 0 Å². The largest absolute Gasteiger partial charge is 0.486 e. The van der Waals surface area contributed by atoms with E-state index in [1.54, 1.807) is 30.5 Å². The van der Waals surface area contributed by atoms with Crippen LogP contribution in [0.1, 0.15) is 16.1 Å². The van der Waals surface area contributed by atoms with E-state index in [1.807, 2.05) is 23.6 Å². The SMILES string of the molecule is NC(=O)c1ccccc1OCc1csc(-c2ccccn2)n1.